The second-order valence-corrected chi connectivity index (χ2v) is 5.67. The number of carbonyl (C=O) groups excluding carboxylic acids is 1. The fraction of sp³-hybridized carbons (Fsp3) is 0.222. The van der Waals surface area contributed by atoms with Crippen LogP contribution in [0.5, 0.6) is 0 Å². The van der Waals surface area contributed by atoms with Gasteiger partial charge in [-0.15, -0.1) is 0 Å². The molecule has 0 spiro atoms. The van der Waals surface area contributed by atoms with Crippen molar-refractivity contribution in [2.75, 3.05) is 0 Å². The Balaban J connectivity index is 0.000000260. The predicted octanol–water partition coefficient (Wildman–Crippen LogP) is 4.64. The first-order chi connectivity index (χ1) is 12.2. The van der Waals surface area contributed by atoms with Crippen molar-refractivity contribution in [3.05, 3.63) is 70.8 Å². The highest BCUT2D eigenvalue weighted by Crippen LogP contribution is 2.11. The molecule has 8 heteroatoms. The molecular formula is C18H15ClF4O3. The summed E-state index contributed by atoms with van der Waals surface area (Å²) in [6.45, 7) is 0. The fourth-order valence-corrected chi connectivity index (χ4v) is 1.98. The van der Waals surface area contributed by atoms with Crippen LogP contribution in [0.1, 0.15) is 24.0 Å². The van der Waals surface area contributed by atoms with Gasteiger partial charge in [0.15, 0.2) is 23.3 Å². The van der Waals surface area contributed by atoms with Gasteiger partial charge >= 0.3 is 5.97 Å². The molecule has 0 aromatic heterocycles. The van der Waals surface area contributed by atoms with Gasteiger partial charge < -0.3 is 5.11 Å². The molecule has 140 valence electrons. The average Bonchev–Trinajstić information content (AvgIpc) is 2.57. The third-order valence-electron chi connectivity index (χ3n) is 3.21. The van der Waals surface area contributed by atoms with Gasteiger partial charge in [0.25, 0.3) is 0 Å². The zero-order valence-corrected chi connectivity index (χ0v) is 14.2. The van der Waals surface area contributed by atoms with Crippen LogP contribution in [-0.2, 0) is 22.4 Å². The summed E-state index contributed by atoms with van der Waals surface area (Å²) in [4.78, 5) is 20.5. The second-order valence-electron chi connectivity index (χ2n) is 5.25. The minimum absolute atomic E-state index is 0.0783. The molecular weight excluding hydrogens is 376 g/mol. The number of rotatable bonds is 6. The van der Waals surface area contributed by atoms with Gasteiger partial charge in [-0.25, -0.2) is 17.6 Å². The molecule has 0 unspecified atom stereocenters. The van der Waals surface area contributed by atoms with Gasteiger partial charge in [0.2, 0.25) is 5.24 Å². The van der Waals surface area contributed by atoms with E-state index in [1.165, 1.54) is 12.1 Å². The van der Waals surface area contributed by atoms with E-state index in [9.17, 15) is 27.2 Å². The van der Waals surface area contributed by atoms with Crippen molar-refractivity contribution in [2.24, 2.45) is 0 Å². The summed E-state index contributed by atoms with van der Waals surface area (Å²) in [6.07, 6.45) is 0.601. The number of aliphatic carboxylic acids is 1. The van der Waals surface area contributed by atoms with Crippen LogP contribution in [0.2, 0.25) is 0 Å². The van der Waals surface area contributed by atoms with Crippen molar-refractivity contribution in [1.82, 2.24) is 0 Å². The Hall–Kier alpha value is -2.41. The fourth-order valence-electron chi connectivity index (χ4n) is 1.88. The van der Waals surface area contributed by atoms with E-state index in [4.69, 9.17) is 16.7 Å². The number of hydrogen-bond donors (Lipinski definition) is 1. The van der Waals surface area contributed by atoms with E-state index in [-0.39, 0.29) is 19.3 Å². The first-order valence-corrected chi connectivity index (χ1v) is 7.85. The summed E-state index contributed by atoms with van der Waals surface area (Å²) in [6, 6.07) is 6.91. The number of carbonyl (C=O) groups is 2. The third kappa shape index (κ3) is 8.11. The van der Waals surface area contributed by atoms with E-state index in [1.54, 1.807) is 0 Å². The quantitative estimate of drug-likeness (QED) is 0.577. The molecule has 2 aromatic rings. The number of carboxylic acids is 1. The molecule has 0 bridgehead atoms. The Kier molecular flexibility index (Phi) is 8.78. The topological polar surface area (TPSA) is 54.4 Å². The van der Waals surface area contributed by atoms with Gasteiger partial charge in [-0.3, -0.25) is 9.59 Å². The predicted molar refractivity (Wildman–Crippen MR) is 87.9 cm³/mol. The number of carboxylic acid groups (broad SMARTS) is 1. The van der Waals surface area contributed by atoms with Gasteiger partial charge in [0.05, 0.1) is 0 Å². The molecule has 26 heavy (non-hydrogen) atoms. The smallest absolute Gasteiger partial charge is 0.303 e. The van der Waals surface area contributed by atoms with Crippen molar-refractivity contribution in [2.45, 2.75) is 25.7 Å². The van der Waals surface area contributed by atoms with E-state index in [0.29, 0.717) is 17.5 Å². The lowest BCUT2D eigenvalue weighted by molar-refractivity contribution is -0.137. The second kappa shape index (κ2) is 10.6. The van der Waals surface area contributed by atoms with Gasteiger partial charge in [-0.1, -0.05) is 12.1 Å². The van der Waals surface area contributed by atoms with Crippen LogP contribution in [0.3, 0.4) is 0 Å². The highest BCUT2D eigenvalue weighted by molar-refractivity contribution is 6.63. The average molecular weight is 391 g/mol. The normalized spacial score (nSPS) is 10.0. The lowest BCUT2D eigenvalue weighted by Gasteiger charge is -1.98. The minimum atomic E-state index is -0.954. The molecule has 2 rings (SSSR count). The molecule has 0 saturated heterocycles. The van der Waals surface area contributed by atoms with Crippen LogP contribution >= 0.6 is 11.6 Å². The van der Waals surface area contributed by atoms with Crippen LogP contribution in [0.15, 0.2) is 36.4 Å². The first kappa shape index (κ1) is 21.6. The number of aryl methyl sites for hydroxylation is 2. The largest absolute Gasteiger partial charge is 0.481 e. The standard InChI is InChI=1S/C9H7ClF2O.C9H8F2O2/c10-9(13)4-2-6-1-3-7(11)8(12)5-6;10-7-3-1-6(5-8(7)11)2-4-9(12)13/h1,3,5H,2,4H2;1,3,5H,2,4H2,(H,12,13). The Bertz CT molecular complexity index is 716. The van der Waals surface area contributed by atoms with E-state index in [0.717, 1.165) is 24.3 Å². The van der Waals surface area contributed by atoms with E-state index >= 15 is 0 Å². The number of hydrogen-bond acceptors (Lipinski definition) is 2. The Labute approximate surface area is 152 Å². The molecule has 0 radical (unpaired) electrons. The van der Waals surface area contributed by atoms with E-state index in [1.807, 2.05) is 0 Å². The highest BCUT2D eigenvalue weighted by atomic mass is 35.5. The van der Waals surface area contributed by atoms with Gasteiger partial charge in [0.1, 0.15) is 0 Å². The van der Waals surface area contributed by atoms with Crippen LogP contribution in [0, 0.1) is 23.3 Å². The summed E-state index contributed by atoms with van der Waals surface area (Å²) in [5.74, 6) is -4.60. The third-order valence-corrected chi connectivity index (χ3v) is 3.39. The Morgan fingerprint density at radius 1 is 0.769 bits per heavy atom. The molecule has 0 aliphatic carbocycles. The monoisotopic (exact) mass is 390 g/mol. The lowest BCUT2D eigenvalue weighted by atomic mass is 10.1. The summed E-state index contributed by atoms with van der Waals surface area (Å²) >= 11 is 5.09. The van der Waals surface area contributed by atoms with Crippen LogP contribution < -0.4 is 0 Å². The summed E-state index contributed by atoms with van der Waals surface area (Å²) in [5.41, 5.74) is 1.05. The Morgan fingerprint density at radius 3 is 1.54 bits per heavy atom. The van der Waals surface area contributed by atoms with Crippen molar-refractivity contribution < 1.29 is 32.3 Å². The zero-order valence-electron chi connectivity index (χ0n) is 13.4. The molecule has 0 atom stereocenters. The molecule has 0 aliphatic rings. The van der Waals surface area contributed by atoms with Gasteiger partial charge in [-0.2, -0.15) is 0 Å². The summed E-state index contributed by atoms with van der Waals surface area (Å²) in [7, 11) is 0. The molecule has 1 N–H and O–H groups in total. The Morgan fingerprint density at radius 2 is 1.19 bits per heavy atom. The molecule has 2 aromatic carbocycles. The number of halogens is 5. The highest BCUT2D eigenvalue weighted by Gasteiger charge is 2.04. The maximum atomic E-state index is 12.6. The summed E-state index contributed by atoms with van der Waals surface area (Å²) < 4.78 is 50.0. The van der Waals surface area contributed by atoms with Crippen LogP contribution in [0.4, 0.5) is 17.6 Å². The minimum Gasteiger partial charge on any atom is -0.481 e. The lowest BCUT2D eigenvalue weighted by Crippen LogP contribution is -1.98. The SMILES string of the molecule is O=C(Cl)CCc1ccc(F)c(F)c1.O=C(O)CCc1ccc(F)c(F)c1. The van der Waals surface area contributed by atoms with Gasteiger partial charge in [0, 0.05) is 12.8 Å². The zero-order chi connectivity index (χ0) is 19.7. The molecule has 3 nitrogen and oxygen atoms in total. The molecule has 0 fully saturated rings. The molecule has 0 amide bonds. The van der Waals surface area contributed by atoms with E-state index in [2.05, 4.69) is 0 Å². The van der Waals surface area contributed by atoms with Crippen molar-refractivity contribution >= 4 is 22.8 Å². The van der Waals surface area contributed by atoms with Crippen molar-refractivity contribution in [3.63, 3.8) is 0 Å². The van der Waals surface area contributed by atoms with Gasteiger partial charge in [-0.05, 0) is 59.8 Å². The maximum Gasteiger partial charge on any atom is 0.303 e. The molecule has 0 heterocycles. The molecule has 0 saturated carbocycles. The van der Waals surface area contributed by atoms with Crippen LogP contribution in [-0.4, -0.2) is 16.3 Å². The number of benzene rings is 2. The summed E-state index contributed by atoms with van der Waals surface area (Å²) in [5, 5.41) is 7.85. The maximum absolute atomic E-state index is 12.6. The first-order valence-electron chi connectivity index (χ1n) is 7.47. The van der Waals surface area contributed by atoms with Crippen LogP contribution in [0.25, 0.3) is 0 Å². The molecule has 0 aliphatic heterocycles. The van der Waals surface area contributed by atoms with E-state index < -0.39 is 34.5 Å². The van der Waals surface area contributed by atoms with Crippen molar-refractivity contribution in [3.8, 4) is 0 Å². The van der Waals surface area contributed by atoms with Crippen molar-refractivity contribution in [1.29, 1.82) is 0 Å².